The Morgan fingerprint density at radius 1 is 1.42 bits per heavy atom. The second kappa shape index (κ2) is 8.46. The molecule has 1 aromatic carbocycles. The molecule has 1 aliphatic rings. The molecule has 7 nitrogen and oxygen atoms in total. The van der Waals surface area contributed by atoms with Crippen molar-refractivity contribution in [2.75, 3.05) is 38.4 Å². The van der Waals surface area contributed by atoms with E-state index in [1.165, 1.54) is 11.4 Å². The Bertz CT molecular complexity index is 656. The summed E-state index contributed by atoms with van der Waals surface area (Å²) in [5.74, 6) is 0.297. The van der Waals surface area contributed by atoms with Gasteiger partial charge in [-0.15, -0.1) is 0 Å². The van der Waals surface area contributed by atoms with Crippen LogP contribution >= 0.6 is 0 Å². The maximum absolute atomic E-state index is 12.1. The molecule has 1 unspecified atom stereocenters. The van der Waals surface area contributed by atoms with Gasteiger partial charge in [-0.2, -0.15) is 4.31 Å². The average Bonchev–Trinajstić information content (AvgIpc) is 3.04. The van der Waals surface area contributed by atoms with Gasteiger partial charge in [0.2, 0.25) is 15.9 Å². The van der Waals surface area contributed by atoms with Gasteiger partial charge in [0, 0.05) is 26.1 Å². The number of carbonyl (C=O) groups excluding carboxylic acids is 1. The van der Waals surface area contributed by atoms with Gasteiger partial charge >= 0.3 is 0 Å². The van der Waals surface area contributed by atoms with Crippen molar-refractivity contribution >= 4 is 21.6 Å². The summed E-state index contributed by atoms with van der Waals surface area (Å²) in [4.78, 5) is 12.1. The van der Waals surface area contributed by atoms with E-state index in [1.807, 2.05) is 6.07 Å². The molecular weight excluding hydrogens is 332 g/mol. The molecule has 1 aromatic rings. The van der Waals surface area contributed by atoms with E-state index in [9.17, 15) is 13.2 Å². The zero-order chi connectivity index (χ0) is 17.6. The minimum absolute atomic E-state index is 0.0673. The number of ether oxygens (including phenoxy) is 2. The van der Waals surface area contributed by atoms with E-state index < -0.39 is 10.0 Å². The second-order valence-corrected chi connectivity index (χ2v) is 7.74. The summed E-state index contributed by atoms with van der Waals surface area (Å²) in [6.45, 7) is 1.08. The van der Waals surface area contributed by atoms with Gasteiger partial charge < -0.3 is 14.8 Å². The zero-order valence-corrected chi connectivity index (χ0v) is 14.8. The summed E-state index contributed by atoms with van der Waals surface area (Å²) in [5, 5.41) is 2.75. The minimum Gasteiger partial charge on any atom is -0.495 e. The number of amides is 1. The molecule has 1 amide bonds. The molecule has 0 aliphatic carbocycles. The Labute approximate surface area is 143 Å². The van der Waals surface area contributed by atoms with Crippen molar-refractivity contribution in [3.05, 3.63) is 24.3 Å². The lowest BCUT2D eigenvalue weighted by molar-refractivity contribution is -0.116. The standard InChI is InChI=1S/C16H24N2O5S/c1-22-15-8-4-3-7-14(15)17-16(19)9-10-18(24(2,20)21)12-13-6-5-11-23-13/h3-4,7-8,13H,5-6,9-12H2,1-2H3,(H,17,19). The van der Waals surface area contributed by atoms with Crippen LogP contribution in [-0.2, 0) is 19.6 Å². The first-order chi connectivity index (χ1) is 11.4. The van der Waals surface area contributed by atoms with Crippen molar-refractivity contribution in [1.82, 2.24) is 4.31 Å². The van der Waals surface area contributed by atoms with Crippen LogP contribution < -0.4 is 10.1 Å². The summed E-state index contributed by atoms with van der Waals surface area (Å²) < 4.78 is 35.8. The van der Waals surface area contributed by atoms with Crippen molar-refractivity contribution in [2.24, 2.45) is 0 Å². The summed E-state index contributed by atoms with van der Waals surface area (Å²) in [7, 11) is -1.86. The Kier molecular flexibility index (Phi) is 6.59. The van der Waals surface area contributed by atoms with Crippen LogP contribution in [0.2, 0.25) is 0 Å². The number of hydrogen-bond donors (Lipinski definition) is 1. The second-order valence-electron chi connectivity index (χ2n) is 5.75. The van der Waals surface area contributed by atoms with Gasteiger partial charge in [0.05, 0.1) is 25.2 Å². The van der Waals surface area contributed by atoms with E-state index in [0.717, 1.165) is 19.1 Å². The van der Waals surface area contributed by atoms with Gasteiger partial charge in [-0.25, -0.2) is 8.42 Å². The molecule has 0 saturated carbocycles. The quantitative estimate of drug-likeness (QED) is 0.762. The number of methoxy groups -OCH3 is 1. The third kappa shape index (κ3) is 5.47. The van der Waals surface area contributed by atoms with Gasteiger partial charge in [-0.1, -0.05) is 12.1 Å². The Hall–Kier alpha value is -1.64. The lowest BCUT2D eigenvalue weighted by Gasteiger charge is -2.22. The molecule has 24 heavy (non-hydrogen) atoms. The largest absolute Gasteiger partial charge is 0.495 e. The SMILES string of the molecule is COc1ccccc1NC(=O)CCN(CC1CCCO1)S(C)(=O)=O. The predicted molar refractivity (Wildman–Crippen MR) is 91.6 cm³/mol. The number of sulfonamides is 1. The highest BCUT2D eigenvalue weighted by Crippen LogP contribution is 2.23. The summed E-state index contributed by atoms with van der Waals surface area (Å²) in [6.07, 6.45) is 2.92. The van der Waals surface area contributed by atoms with E-state index in [0.29, 0.717) is 24.6 Å². The normalized spacial score (nSPS) is 17.9. The van der Waals surface area contributed by atoms with Gasteiger partial charge in [-0.05, 0) is 25.0 Å². The third-order valence-corrected chi connectivity index (χ3v) is 5.14. The molecule has 0 bridgehead atoms. The van der Waals surface area contributed by atoms with Crippen molar-refractivity contribution in [3.63, 3.8) is 0 Å². The van der Waals surface area contributed by atoms with Gasteiger partial charge in [0.25, 0.3) is 0 Å². The van der Waals surface area contributed by atoms with E-state index in [2.05, 4.69) is 5.32 Å². The molecular formula is C16H24N2O5S. The summed E-state index contributed by atoms with van der Waals surface area (Å²) in [6, 6.07) is 7.08. The number of nitrogens with zero attached hydrogens (tertiary/aromatic N) is 1. The Morgan fingerprint density at radius 3 is 2.79 bits per heavy atom. The molecule has 8 heteroatoms. The average molecular weight is 356 g/mol. The number of para-hydroxylation sites is 2. The summed E-state index contributed by atoms with van der Waals surface area (Å²) in [5.41, 5.74) is 0.565. The van der Waals surface area contributed by atoms with Crippen LogP contribution in [0.5, 0.6) is 5.75 Å². The fourth-order valence-electron chi connectivity index (χ4n) is 2.59. The monoisotopic (exact) mass is 356 g/mol. The van der Waals surface area contributed by atoms with Gasteiger partial charge in [0.15, 0.2) is 0 Å². The molecule has 0 radical (unpaired) electrons. The van der Waals surface area contributed by atoms with Crippen molar-refractivity contribution in [1.29, 1.82) is 0 Å². The smallest absolute Gasteiger partial charge is 0.225 e. The number of nitrogens with one attached hydrogen (secondary N) is 1. The minimum atomic E-state index is -3.39. The van der Waals surface area contributed by atoms with Crippen LogP contribution in [0.4, 0.5) is 5.69 Å². The summed E-state index contributed by atoms with van der Waals surface area (Å²) >= 11 is 0. The van der Waals surface area contributed by atoms with Crippen LogP contribution in [0, 0.1) is 0 Å². The van der Waals surface area contributed by atoms with Crippen LogP contribution in [0.15, 0.2) is 24.3 Å². The zero-order valence-electron chi connectivity index (χ0n) is 14.0. The molecule has 134 valence electrons. The molecule has 1 saturated heterocycles. The lowest BCUT2D eigenvalue weighted by Crippen LogP contribution is -2.38. The topological polar surface area (TPSA) is 84.9 Å². The van der Waals surface area contributed by atoms with Crippen LogP contribution in [0.25, 0.3) is 0 Å². The van der Waals surface area contributed by atoms with Crippen molar-refractivity contribution in [2.45, 2.75) is 25.4 Å². The number of carbonyl (C=O) groups is 1. The molecule has 1 fully saturated rings. The Balaban J connectivity index is 1.91. The Morgan fingerprint density at radius 2 is 2.17 bits per heavy atom. The molecule has 1 N–H and O–H groups in total. The number of rotatable bonds is 8. The number of benzene rings is 1. The van der Waals surface area contributed by atoms with Crippen LogP contribution in [0.1, 0.15) is 19.3 Å². The van der Waals surface area contributed by atoms with Crippen LogP contribution in [0.3, 0.4) is 0 Å². The molecule has 1 aliphatic heterocycles. The third-order valence-electron chi connectivity index (χ3n) is 3.87. The van der Waals surface area contributed by atoms with E-state index >= 15 is 0 Å². The van der Waals surface area contributed by atoms with E-state index in [1.54, 1.807) is 18.2 Å². The molecule has 1 heterocycles. The molecule has 0 aromatic heterocycles. The highest BCUT2D eigenvalue weighted by atomic mass is 32.2. The fourth-order valence-corrected chi connectivity index (χ4v) is 3.45. The van der Waals surface area contributed by atoms with E-state index in [-0.39, 0.29) is 25.0 Å². The highest BCUT2D eigenvalue weighted by molar-refractivity contribution is 7.88. The van der Waals surface area contributed by atoms with Gasteiger partial charge in [0.1, 0.15) is 5.75 Å². The molecule has 0 spiro atoms. The molecule has 1 atom stereocenters. The van der Waals surface area contributed by atoms with Crippen molar-refractivity contribution < 1.29 is 22.7 Å². The maximum Gasteiger partial charge on any atom is 0.225 e. The number of anilines is 1. The van der Waals surface area contributed by atoms with Gasteiger partial charge in [-0.3, -0.25) is 4.79 Å². The fraction of sp³-hybridized carbons (Fsp3) is 0.562. The van der Waals surface area contributed by atoms with Crippen molar-refractivity contribution in [3.8, 4) is 5.75 Å². The lowest BCUT2D eigenvalue weighted by atomic mass is 10.2. The van der Waals surface area contributed by atoms with E-state index in [4.69, 9.17) is 9.47 Å². The highest BCUT2D eigenvalue weighted by Gasteiger charge is 2.25. The first-order valence-corrected chi connectivity index (χ1v) is 9.74. The predicted octanol–water partition coefficient (Wildman–Crippen LogP) is 1.46. The van der Waals surface area contributed by atoms with Crippen LogP contribution in [-0.4, -0.2) is 57.8 Å². The maximum atomic E-state index is 12.1. The first kappa shape index (κ1) is 18.7. The number of hydrogen-bond acceptors (Lipinski definition) is 5. The first-order valence-electron chi connectivity index (χ1n) is 7.89. The molecule has 2 rings (SSSR count).